The zero-order valence-electron chi connectivity index (χ0n) is 7.60. The molecule has 4 nitrogen and oxygen atoms in total. The Hall–Kier alpha value is -1.81. The molecule has 0 aliphatic heterocycles. The van der Waals surface area contributed by atoms with E-state index >= 15 is 0 Å². The van der Waals surface area contributed by atoms with Crippen molar-refractivity contribution in [1.29, 1.82) is 0 Å². The molecular weight excluding hydrogens is 178 g/mol. The summed E-state index contributed by atoms with van der Waals surface area (Å²) in [6.07, 6.45) is 1.55. The molecule has 0 amide bonds. The van der Waals surface area contributed by atoms with Gasteiger partial charge in [0.15, 0.2) is 0 Å². The van der Waals surface area contributed by atoms with Crippen molar-refractivity contribution in [3.8, 4) is 0 Å². The van der Waals surface area contributed by atoms with Crippen molar-refractivity contribution >= 4 is 11.7 Å². The minimum atomic E-state index is 0.389. The minimum Gasteiger partial charge on any atom is -0.432 e. The highest BCUT2D eigenvalue weighted by atomic mass is 16.4. The van der Waals surface area contributed by atoms with Crippen LogP contribution in [0, 0.1) is 0 Å². The fourth-order valence-corrected chi connectivity index (χ4v) is 1.10. The summed E-state index contributed by atoms with van der Waals surface area (Å²) in [5.74, 6) is 0. The standard InChI is InChI=1S/C10H11N3O/c11-6-9-7-14-10(13-9)12-8-4-2-1-3-5-8/h1-5,7H,6,11H2,(H,12,13). The monoisotopic (exact) mass is 189 g/mol. The maximum Gasteiger partial charge on any atom is 0.299 e. The summed E-state index contributed by atoms with van der Waals surface area (Å²) in [5, 5.41) is 3.03. The number of nitrogens with zero attached hydrogens (tertiary/aromatic N) is 1. The Labute approximate surface area is 81.8 Å². The molecule has 1 aromatic carbocycles. The van der Waals surface area contributed by atoms with Gasteiger partial charge in [-0.05, 0) is 12.1 Å². The van der Waals surface area contributed by atoms with Crippen molar-refractivity contribution in [3.63, 3.8) is 0 Å². The van der Waals surface area contributed by atoms with Crippen LogP contribution in [0.4, 0.5) is 11.7 Å². The van der Waals surface area contributed by atoms with E-state index in [1.165, 1.54) is 0 Å². The third-order valence-corrected chi connectivity index (χ3v) is 1.79. The number of nitrogens with one attached hydrogen (secondary N) is 1. The van der Waals surface area contributed by atoms with E-state index in [0.29, 0.717) is 12.6 Å². The fraction of sp³-hybridized carbons (Fsp3) is 0.100. The number of hydrogen-bond acceptors (Lipinski definition) is 4. The second-order valence-electron chi connectivity index (χ2n) is 2.84. The molecule has 0 spiro atoms. The van der Waals surface area contributed by atoms with Crippen LogP contribution < -0.4 is 11.1 Å². The number of para-hydroxylation sites is 1. The lowest BCUT2D eigenvalue weighted by molar-refractivity contribution is 0.576. The van der Waals surface area contributed by atoms with Crippen molar-refractivity contribution in [2.24, 2.45) is 5.73 Å². The third kappa shape index (κ3) is 1.92. The average Bonchev–Trinajstić information content (AvgIpc) is 2.67. The lowest BCUT2D eigenvalue weighted by Gasteiger charge is -1.99. The summed E-state index contributed by atoms with van der Waals surface area (Å²) in [7, 11) is 0. The number of rotatable bonds is 3. The molecule has 0 aliphatic carbocycles. The number of benzene rings is 1. The van der Waals surface area contributed by atoms with E-state index in [4.69, 9.17) is 10.2 Å². The first-order chi connectivity index (χ1) is 6.88. The van der Waals surface area contributed by atoms with E-state index in [1.54, 1.807) is 6.26 Å². The van der Waals surface area contributed by atoms with E-state index in [9.17, 15) is 0 Å². The van der Waals surface area contributed by atoms with E-state index in [0.717, 1.165) is 11.4 Å². The lowest BCUT2D eigenvalue weighted by atomic mass is 10.3. The minimum absolute atomic E-state index is 0.389. The molecule has 3 N–H and O–H groups in total. The van der Waals surface area contributed by atoms with Crippen molar-refractivity contribution in [2.75, 3.05) is 5.32 Å². The quantitative estimate of drug-likeness (QED) is 0.773. The Morgan fingerprint density at radius 2 is 2.07 bits per heavy atom. The third-order valence-electron chi connectivity index (χ3n) is 1.79. The van der Waals surface area contributed by atoms with Gasteiger partial charge in [-0.2, -0.15) is 4.98 Å². The molecule has 4 heteroatoms. The number of nitrogens with two attached hydrogens (primary N) is 1. The zero-order chi connectivity index (χ0) is 9.80. The molecule has 0 saturated carbocycles. The molecule has 0 unspecified atom stereocenters. The first kappa shape index (κ1) is 8.77. The van der Waals surface area contributed by atoms with Crippen LogP contribution in [0.25, 0.3) is 0 Å². The molecule has 0 radical (unpaired) electrons. The molecule has 0 aliphatic rings. The van der Waals surface area contributed by atoms with Crippen LogP contribution in [0.3, 0.4) is 0 Å². The average molecular weight is 189 g/mol. The molecular formula is C10H11N3O. The summed E-state index contributed by atoms with van der Waals surface area (Å²) >= 11 is 0. The Kier molecular flexibility index (Phi) is 2.46. The van der Waals surface area contributed by atoms with Gasteiger partial charge >= 0.3 is 0 Å². The summed E-state index contributed by atoms with van der Waals surface area (Å²) in [4.78, 5) is 4.12. The van der Waals surface area contributed by atoms with Gasteiger partial charge in [0.2, 0.25) is 0 Å². The highest BCUT2D eigenvalue weighted by Crippen LogP contribution is 2.14. The van der Waals surface area contributed by atoms with E-state index < -0.39 is 0 Å². The maximum absolute atomic E-state index is 5.41. The predicted octanol–water partition coefficient (Wildman–Crippen LogP) is 1.88. The second kappa shape index (κ2) is 3.93. The van der Waals surface area contributed by atoms with Gasteiger partial charge in [-0.25, -0.2) is 0 Å². The molecule has 1 heterocycles. The molecule has 1 aromatic heterocycles. The van der Waals surface area contributed by atoms with Crippen LogP contribution in [0.2, 0.25) is 0 Å². The molecule has 2 rings (SSSR count). The van der Waals surface area contributed by atoms with E-state index in [2.05, 4.69) is 10.3 Å². The summed E-state index contributed by atoms with van der Waals surface area (Å²) < 4.78 is 5.16. The van der Waals surface area contributed by atoms with Gasteiger partial charge in [-0.1, -0.05) is 18.2 Å². The van der Waals surface area contributed by atoms with Gasteiger partial charge < -0.3 is 15.5 Å². The molecule has 72 valence electrons. The first-order valence-corrected chi connectivity index (χ1v) is 4.35. The SMILES string of the molecule is NCc1coc(Nc2ccccc2)n1. The largest absolute Gasteiger partial charge is 0.432 e. The van der Waals surface area contributed by atoms with Gasteiger partial charge in [0, 0.05) is 12.2 Å². The molecule has 14 heavy (non-hydrogen) atoms. The second-order valence-corrected chi connectivity index (χ2v) is 2.84. The molecule has 0 bridgehead atoms. The molecule has 0 atom stereocenters. The predicted molar refractivity (Wildman–Crippen MR) is 54.1 cm³/mol. The van der Waals surface area contributed by atoms with Gasteiger partial charge in [0.25, 0.3) is 6.01 Å². The smallest absolute Gasteiger partial charge is 0.299 e. The number of anilines is 2. The van der Waals surface area contributed by atoms with Crippen LogP contribution in [0.1, 0.15) is 5.69 Å². The zero-order valence-corrected chi connectivity index (χ0v) is 7.60. The fourth-order valence-electron chi connectivity index (χ4n) is 1.10. The summed E-state index contributed by atoms with van der Waals surface area (Å²) in [6, 6.07) is 10.2. The lowest BCUT2D eigenvalue weighted by Crippen LogP contribution is -1.96. The Bertz CT molecular complexity index is 397. The van der Waals surface area contributed by atoms with Crippen LogP contribution in [0.5, 0.6) is 0 Å². The van der Waals surface area contributed by atoms with Gasteiger partial charge in [0.1, 0.15) is 6.26 Å². The van der Waals surface area contributed by atoms with Crippen molar-refractivity contribution in [3.05, 3.63) is 42.3 Å². The number of oxazole rings is 1. The van der Waals surface area contributed by atoms with Crippen LogP contribution in [0.15, 0.2) is 41.0 Å². The Morgan fingerprint density at radius 3 is 2.71 bits per heavy atom. The van der Waals surface area contributed by atoms with Crippen molar-refractivity contribution < 1.29 is 4.42 Å². The van der Waals surface area contributed by atoms with Gasteiger partial charge in [0.05, 0.1) is 5.69 Å². The highest BCUT2D eigenvalue weighted by Gasteiger charge is 2.01. The molecule has 2 aromatic rings. The van der Waals surface area contributed by atoms with E-state index in [1.807, 2.05) is 30.3 Å². The van der Waals surface area contributed by atoms with Gasteiger partial charge in [-0.15, -0.1) is 0 Å². The van der Waals surface area contributed by atoms with Crippen LogP contribution in [-0.4, -0.2) is 4.98 Å². The normalized spacial score (nSPS) is 10.1. The molecule has 0 saturated heterocycles. The maximum atomic E-state index is 5.41. The highest BCUT2D eigenvalue weighted by molar-refractivity contribution is 5.51. The van der Waals surface area contributed by atoms with Crippen LogP contribution in [-0.2, 0) is 6.54 Å². The number of aromatic nitrogens is 1. The van der Waals surface area contributed by atoms with Crippen molar-refractivity contribution in [1.82, 2.24) is 4.98 Å². The van der Waals surface area contributed by atoms with Crippen molar-refractivity contribution in [2.45, 2.75) is 6.54 Å². The summed E-state index contributed by atoms with van der Waals surface area (Å²) in [5.41, 5.74) is 7.09. The molecule has 0 fully saturated rings. The van der Waals surface area contributed by atoms with Crippen LogP contribution >= 0.6 is 0 Å². The van der Waals surface area contributed by atoms with Gasteiger partial charge in [-0.3, -0.25) is 0 Å². The Balaban J connectivity index is 2.11. The van der Waals surface area contributed by atoms with E-state index in [-0.39, 0.29) is 0 Å². The topological polar surface area (TPSA) is 64.1 Å². The summed E-state index contributed by atoms with van der Waals surface area (Å²) in [6.45, 7) is 0.389. The Morgan fingerprint density at radius 1 is 1.29 bits per heavy atom. The first-order valence-electron chi connectivity index (χ1n) is 4.35. The number of hydrogen-bond donors (Lipinski definition) is 2.